The van der Waals surface area contributed by atoms with Gasteiger partial charge in [-0.15, -0.1) is 0 Å². The molecule has 2 amide bonds. The van der Waals surface area contributed by atoms with Crippen molar-refractivity contribution in [3.05, 3.63) is 65.2 Å². The van der Waals surface area contributed by atoms with Gasteiger partial charge in [0.2, 0.25) is 0 Å². The van der Waals surface area contributed by atoms with Gasteiger partial charge in [-0.05, 0) is 31.9 Å². The van der Waals surface area contributed by atoms with Crippen molar-refractivity contribution >= 4 is 6.03 Å². The van der Waals surface area contributed by atoms with E-state index in [-0.39, 0.29) is 18.1 Å². The van der Waals surface area contributed by atoms with Crippen LogP contribution in [0, 0.1) is 6.92 Å². The van der Waals surface area contributed by atoms with E-state index in [1.165, 1.54) is 5.56 Å². The summed E-state index contributed by atoms with van der Waals surface area (Å²) in [5.74, 6) is 0.802. The second-order valence-corrected chi connectivity index (χ2v) is 6.33. The molecule has 0 unspecified atom stereocenters. The van der Waals surface area contributed by atoms with Crippen molar-refractivity contribution in [2.75, 3.05) is 13.7 Å². The number of carbonyl (C=O) groups excluding carboxylic acids is 1. The molecule has 3 rings (SSSR count). The zero-order valence-electron chi connectivity index (χ0n) is 14.5. The number of amides is 2. The highest BCUT2D eigenvalue weighted by atomic mass is 16.5. The number of benzene rings is 2. The summed E-state index contributed by atoms with van der Waals surface area (Å²) in [4.78, 5) is 14.5. The van der Waals surface area contributed by atoms with Crippen LogP contribution in [0.1, 0.15) is 42.1 Å². The molecule has 1 heterocycles. The standard InChI is InChI=1S/C20H24N2O2/c1-14-9-10-19(24-3)17(13-14)15(2)21-20(23)22-12-11-18(22)16-7-5-4-6-8-16/h4-10,13,15,18H,11-12H2,1-3H3,(H,21,23)/t15-,18-/m0/s1. The molecule has 0 saturated carbocycles. The molecule has 1 fully saturated rings. The maximum Gasteiger partial charge on any atom is 0.318 e. The van der Waals surface area contributed by atoms with Crippen LogP contribution in [-0.2, 0) is 0 Å². The molecule has 1 saturated heterocycles. The average Bonchev–Trinajstić information content (AvgIpc) is 2.54. The highest BCUT2D eigenvalue weighted by Gasteiger charge is 2.33. The summed E-state index contributed by atoms with van der Waals surface area (Å²) >= 11 is 0. The van der Waals surface area contributed by atoms with Crippen LogP contribution in [0.2, 0.25) is 0 Å². The molecule has 0 aromatic heterocycles. The van der Waals surface area contributed by atoms with Crippen LogP contribution in [0.4, 0.5) is 4.79 Å². The third kappa shape index (κ3) is 3.23. The van der Waals surface area contributed by atoms with Crippen molar-refractivity contribution in [3.63, 3.8) is 0 Å². The first-order valence-corrected chi connectivity index (χ1v) is 8.36. The topological polar surface area (TPSA) is 41.6 Å². The Balaban J connectivity index is 1.70. The fourth-order valence-corrected chi connectivity index (χ4v) is 3.19. The lowest BCUT2D eigenvalue weighted by Gasteiger charge is -2.41. The van der Waals surface area contributed by atoms with Crippen molar-refractivity contribution < 1.29 is 9.53 Å². The number of likely N-dealkylation sites (tertiary alicyclic amines) is 1. The smallest absolute Gasteiger partial charge is 0.318 e. The molecule has 126 valence electrons. The molecule has 0 radical (unpaired) electrons. The van der Waals surface area contributed by atoms with Crippen LogP contribution in [0.5, 0.6) is 5.75 Å². The van der Waals surface area contributed by atoms with Crippen LogP contribution < -0.4 is 10.1 Å². The van der Waals surface area contributed by atoms with E-state index in [1.54, 1.807) is 7.11 Å². The summed E-state index contributed by atoms with van der Waals surface area (Å²) in [5, 5.41) is 3.11. The van der Waals surface area contributed by atoms with Crippen LogP contribution in [-0.4, -0.2) is 24.6 Å². The normalized spacial score (nSPS) is 17.8. The van der Waals surface area contributed by atoms with Gasteiger partial charge in [0.15, 0.2) is 0 Å². The maximum atomic E-state index is 12.7. The molecule has 0 spiro atoms. The second-order valence-electron chi connectivity index (χ2n) is 6.33. The van der Waals surface area contributed by atoms with Crippen molar-refractivity contribution in [2.45, 2.75) is 32.4 Å². The number of carbonyl (C=O) groups is 1. The minimum Gasteiger partial charge on any atom is -0.496 e. The first-order valence-electron chi connectivity index (χ1n) is 8.36. The van der Waals surface area contributed by atoms with Crippen molar-refractivity contribution in [1.82, 2.24) is 10.2 Å². The third-order valence-corrected chi connectivity index (χ3v) is 4.66. The highest BCUT2D eigenvalue weighted by Crippen LogP contribution is 2.34. The lowest BCUT2D eigenvalue weighted by molar-refractivity contribution is 0.113. The number of rotatable bonds is 4. The minimum absolute atomic E-state index is 0.0221. The Morgan fingerprint density at radius 1 is 1.25 bits per heavy atom. The first-order chi connectivity index (χ1) is 11.6. The van der Waals surface area contributed by atoms with Gasteiger partial charge in [0, 0.05) is 12.1 Å². The quantitative estimate of drug-likeness (QED) is 0.915. The Hall–Kier alpha value is -2.49. The van der Waals surface area contributed by atoms with Crippen LogP contribution in [0.3, 0.4) is 0 Å². The van der Waals surface area contributed by atoms with E-state index in [0.717, 1.165) is 29.8 Å². The second kappa shape index (κ2) is 6.95. The van der Waals surface area contributed by atoms with E-state index < -0.39 is 0 Å². The molecular formula is C20H24N2O2. The lowest BCUT2D eigenvalue weighted by atomic mass is 9.95. The fourth-order valence-electron chi connectivity index (χ4n) is 3.19. The summed E-state index contributed by atoms with van der Waals surface area (Å²) in [6.45, 7) is 4.83. The summed E-state index contributed by atoms with van der Waals surface area (Å²) in [6.07, 6.45) is 1.01. The predicted octanol–water partition coefficient (Wildman–Crippen LogP) is 4.22. The number of hydrogen-bond donors (Lipinski definition) is 1. The first kappa shape index (κ1) is 16.4. The Morgan fingerprint density at radius 2 is 2.00 bits per heavy atom. The summed E-state index contributed by atoms with van der Waals surface area (Å²) in [6, 6.07) is 16.3. The van der Waals surface area contributed by atoms with Crippen molar-refractivity contribution in [3.8, 4) is 5.75 Å². The molecule has 1 N–H and O–H groups in total. The van der Waals surface area contributed by atoms with Gasteiger partial charge in [0.1, 0.15) is 5.75 Å². The molecule has 0 bridgehead atoms. The number of nitrogens with zero attached hydrogens (tertiary/aromatic N) is 1. The number of aryl methyl sites for hydroxylation is 1. The minimum atomic E-state index is -0.107. The molecule has 0 aliphatic carbocycles. The summed E-state index contributed by atoms with van der Waals surface area (Å²) in [5.41, 5.74) is 3.35. The highest BCUT2D eigenvalue weighted by molar-refractivity contribution is 5.76. The van der Waals surface area contributed by atoms with E-state index >= 15 is 0 Å². The molecule has 1 aliphatic heterocycles. The number of ether oxygens (including phenoxy) is 1. The van der Waals surface area contributed by atoms with Gasteiger partial charge >= 0.3 is 6.03 Å². The molecule has 1 aliphatic rings. The SMILES string of the molecule is COc1ccc(C)cc1[C@H](C)NC(=O)N1CC[C@H]1c1ccccc1. The molecule has 2 atom stereocenters. The fraction of sp³-hybridized carbons (Fsp3) is 0.350. The Labute approximate surface area is 143 Å². The summed E-state index contributed by atoms with van der Waals surface area (Å²) in [7, 11) is 1.66. The Kier molecular flexibility index (Phi) is 4.74. The van der Waals surface area contributed by atoms with Crippen LogP contribution >= 0.6 is 0 Å². The van der Waals surface area contributed by atoms with Gasteiger partial charge < -0.3 is 15.0 Å². The zero-order chi connectivity index (χ0) is 17.1. The van der Waals surface area contributed by atoms with E-state index in [0.29, 0.717) is 0 Å². The number of urea groups is 1. The van der Waals surface area contributed by atoms with Gasteiger partial charge in [0.05, 0.1) is 19.2 Å². The number of hydrogen-bond acceptors (Lipinski definition) is 2. The van der Waals surface area contributed by atoms with Crippen LogP contribution in [0.25, 0.3) is 0 Å². The maximum absolute atomic E-state index is 12.7. The van der Waals surface area contributed by atoms with Gasteiger partial charge in [-0.25, -0.2) is 4.79 Å². The van der Waals surface area contributed by atoms with Gasteiger partial charge in [0.25, 0.3) is 0 Å². The van der Waals surface area contributed by atoms with Gasteiger partial charge in [-0.2, -0.15) is 0 Å². The van der Waals surface area contributed by atoms with Gasteiger partial charge in [-0.3, -0.25) is 0 Å². The monoisotopic (exact) mass is 324 g/mol. The van der Waals surface area contributed by atoms with Crippen LogP contribution in [0.15, 0.2) is 48.5 Å². The Bertz CT molecular complexity index is 715. The molecule has 24 heavy (non-hydrogen) atoms. The lowest BCUT2D eigenvalue weighted by Crippen LogP contribution is -2.50. The van der Waals surface area contributed by atoms with E-state index in [9.17, 15) is 4.79 Å². The Morgan fingerprint density at radius 3 is 2.62 bits per heavy atom. The zero-order valence-corrected chi connectivity index (χ0v) is 14.5. The molecule has 2 aromatic rings. The molecule has 4 heteroatoms. The van der Waals surface area contributed by atoms with E-state index in [2.05, 4.69) is 23.5 Å². The molecular weight excluding hydrogens is 300 g/mol. The summed E-state index contributed by atoms with van der Waals surface area (Å²) < 4.78 is 5.43. The van der Waals surface area contributed by atoms with Crippen molar-refractivity contribution in [2.24, 2.45) is 0 Å². The average molecular weight is 324 g/mol. The predicted molar refractivity (Wildman–Crippen MR) is 95.2 cm³/mol. The molecule has 4 nitrogen and oxygen atoms in total. The van der Waals surface area contributed by atoms with E-state index in [4.69, 9.17) is 4.74 Å². The number of nitrogens with one attached hydrogen (secondary N) is 1. The third-order valence-electron chi connectivity index (χ3n) is 4.66. The van der Waals surface area contributed by atoms with E-state index in [1.807, 2.05) is 49.1 Å². The van der Waals surface area contributed by atoms with Crippen molar-refractivity contribution in [1.29, 1.82) is 0 Å². The number of methoxy groups -OCH3 is 1. The molecule has 2 aromatic carbocycles. The van der Waals surface area contributed by atoms with Gasteiger partial charge in [-0.1, -0.05) is 48.0 Å². The largest absolute Gasteiger partial charge is 0.496 e.